The Hall–Kier alpha value is -7.93. The maximum absolute atomic E-state index is 16.1. The third kappa shape index (κ3) is 3.01. The lowest BCUT2D eigenvalue weighted by molar-refractivity contribution is -0.137. The van der Waals surface area contributed by atoms with E-state index in [0.717, 1.165) is 53.9 Å². The van der Waals surface area contributed by atoms with Gasteiger partial charge in [-0.3, -0.25) is 9.59 Å². The van der Waals surface area contributed by atoms with Gasteiger partial charge in [0.25, 0.3) is 5.79 Å². The van der Waals surface area contributed by atoms with Crippen molar-refractivity contribution in [3.05, 3.63) is 157 Å². The van der Waals surface area contributed by atoms with E-state index in [1.165, 1.54) is 0 Å². The number of esters is 1. The number of aromatic hydroxyl groups is 1. The summed E-state index contributed by atoms with van der Waals surface area (Å²) in [6, 6.07) is 35.7. The lowest BCUT2D eigenvalue weighted by Gasteiger charge is -2.34. The van der Waals surface area contributed by atoms with E-state index in [0.29, 0.717) is 81.0 Å². The number of phenolic OH excluding ortho intramolecular Hbond substituents is 1. The molecule has 16 rings (SSSR count). The Kier molecular flexibility index (Phi) is 4.62. The molecule has 0 aromatic heterocycles. The van der Waals surface area contributed by atoms with Crippen LogP contribution in [0.2, 0.25) is 0 Å². The number of aliphatic hydroxyl groups is 1. The largest absolute Gasteiger partial charge is 0.507 e. The molecule has 3 aliphatic rings. The number of benzene rings is 12. The number of ether oxygens (including phenoxy) is 1. The molecular weight excluding hydrogens is 745 g/mol. The SMILES string of the molecule is O=C1OC2(O)C3=Cc4ccc5ccc6ccc7cc8cc9cc%10cc%11cccc%12c%13cccc%14cc%15cc(c%16c2c(c8c(O)c7c6c5c41)c9c(=O)c%16c%15c(c(c%10=O)c%11%12)c%14%13)=C3. The molecule has 0 radical (unpaired) electrons. The topological polar surface area (TPSA) is 101 Å². The van der Waals surface area contributed by atoms with Crippen molar-refractivity contribution in [2.75, 3.05) is 0 Å². The minimum atomic E-state index is -2.40. The van der Waals surface area contributed by atoms with Crippen LogP contribution in [-0.4, -0.2) is 16.2 Å². The molecule has 274 valence electrons. The molecule has 2 heterocycles. The Morgan fingerprint density at radius 3 is 1.78 bits per heavy atom. The summed E-state index contributed by atoms with van der Waals surface area (Å²) in [5, 5.41) is 42.6. The first-order chi connectivity index (χ1) is 29.3. The molecule has 6 heteroatoms. The molecule has 1 aliphatic carbocycles. The van der Waals surface area contributed by atoms with E-state index in [2.05, 4.69) is 24.3 Å². The smallest absolute Gasteiger partial charge is 0.342 e. The van der Waals surface area contributed by atoms with E-state index in [9.17, 15) is 10.2 Å². The van der Waals surface area contributed by atoms with Gasteiger partial charge >= 0.3 is 5.97 Å². The summed E-state index contributed by atoms with van der Waals surface area (Å²) in [7, 11) is 0. The van der Waals surface area contributed by atoms with Gasteiger partial charge in [-0.1, -0.05) is 72.8 Å². The van der Waals surface area contributed by atoms with Crippen molar-refractivity contribution in [3.63, 3.8) is 0 Å². The molecule has 1 unspecified atom stereocenters. The van der Waals surface area contributed by atoms with Gasteiger partial charge in [0.05, 0.1) is 5.56 Å². The Morgan fingerprint density at radius 1 is 0.433 bits per heavy atom. The first-order valence-electron chi connectivity index (χ1n) is 20.1. The van der Waals surface area contributed by atoms with Crippen LogP contribution in [0.4, 0.5) is 0 Å². The Bertz CT molecular complexity index is 4640. The minimum Gasteiger partial charge on any atom is -0.507 e. The van der Waals surface area contributed by atoms with Crippen molar-refractivity contribution in [2.24, 2.45) is 0 Å². The molecule has 60 heavy (non-hydrogen) atoms. The van der Waals surface area contributed by atoms with Crippen LogP contribution in [0.15, 0.2) is 124 Å². The van der Waals surface area contributed by atoms with Gasteiger partial charge in [0.2, 0.25) is 0 Å². The fourth-order valence-corrected chi connectivity index (χ4v) is 12.2. The molecule has 13 aromatic rings. The van der Waals surface area contributed by atoms with Crippen molar-refractivity contribution in [2.45, 2.75) is 5.79 Å². The molecular formula is C54H22O6. The van der Waals surface area contributed by atoms with Gasteiger partial charge < -0.3 is 14.9 Å². The normalized spacial score (nSPS) is 17.1. The fraction of sp³-hybridized carbons (Fsp3) is 0.0185. The molecule has 13 aromatic carbocycles. The highest BCUT2D eigenvalue weighted by molar-refractivity contribution is 6.42. The summed E-state index contributed by atoms with van der Waals surface area (Å²) in [5.74, 6) is -3.18. The predicted octanol–water partition coefficient (Wildman–Crippen LogP) is 10.5. The second-order valence-electron chi connectivity index (χ2n) is 17.2. The number of fused-ring (bicyclic) bond motifs is 3. The Labute approximate surface area is 334 Å². The highest BCUT2D eigenvalue weighted by atomic mass is 16.7. The summed E-state index contributed by atoms with van der Waals surface area (Å²) < 4.78 is 6.56. The van der Waals surface area contributed by atoms with Crippen LogP contribution in [0.1, 0.15) is 21.5 Å². The second-order valence-corrected chi connectivity index (χ2v) is 17.2. The maximum atomic E-state index is 16.1. The van der Waals surface area contributed by atoms with Crippen molar-refractivity contribution in [1.29, 1.82) is 0 Å². The van der Waals surface area contributed by atoms with Gasteiger partial charge in [-0.05, 0) is 119 Å². The Morgan fingerprint density at radius 2 is 1.00 bits per heavy atom. The maximum Gasteiger partial charge on any atom is 0.342 e. The van der Waals surface area contributed by atoms with Gasteiger partial charge in [0.1, 0.15) is 5.75 Å². The molecule has 0 saturated carbocycles. The van der Waals surface area contributed by atoms with Gasteiger partial charge in [0.15, 0.2) is 10.9 Å². The van der Waals surface area contributed by atoms with E-state index in [4.69, 9.17) is 4.74 Å². The van der Waals surface area contributed by atoms with Crippen molar-refractivity contribution < 1.29 is 19.7 Å². The van der Waals surface area contributed by atoms with E-state index >= 15 is 14.4 Å². The molecule has 6 nitrogen and oxygen atoms in total. The van der Waals surface area contributed by atoms with Gasteiger partial charge in [-0.2, -0.15) is 0 Å². The molecule has 2 N–H and O–H groups in total. The highest BCUT2D eigenvalue weighted by Crippen LogP contribution is 2.54. The summed E-state index contributed by atoms with van der Waals surface area (Å²) >= 11 is 0. The molecule has 2 aliphatic heterocycles. The van der Waals surface area contributed by atoms with Crippen LogP contribution in [0.5, 0.6) is 5.75 Å². The molecule has 8 bridgehead atoms. The average Bonchev–Trinajstić information content (AvgIpc) is 3.35. The lowest BCUT2D eigenvalue weighted by Crippen LogP contribution is -2.38. The average molecular weight is 767 g/mol. The van der Waals surface area contributed by atoms with E-state index in [1.807, 2.05) is 91.0 Å². The first kappa shape index (κ1) is 30.2. The monoisotopic (exact) mass is 766 g/mol. The summed E-state index contributed by atoms with van der Waals surface area (Å²) in [5.41, 5.74) is 0.964. The fourth-order valence-electron chi connectivity index (χ4n) is 12.2. The van der Waals surface area contributed by atoms with Crippen LogP contribution in [0, 0.1) is 0 Å². The van der Waals surface area contributed by atoms with Crippen LogP contribution in [0.25, 0.3) is 141 Å². The predicted molar refractivity (Wildman–Crippen MR) is 241 cm³/mol. The summed E-state index contributed by atoms with van der Waals surface area (Å²) in [6.45, 7) is 0. The molecule has 0 saturated heterocycles. The van der Waals surface area contributed by atoms with Crippen LogP contribution < -0.4 is 16.1 Å². The summed E-state index contributed by atoms with van der Waals surface area (Å²) in [6.07, 6.45) is 3.66. The molecule has 0 amide bonds. The number of rotatable bonds is 0. The molecule has 1 atom stereocenters. The van der Waals surface area contributed by atoms with E-state index in [1.54, 1.807) is 6.07 Å². The van der Waals surface area contributed by atoms with Crippen LogP contribution in [0.3, 0.4) is 0 Å². The van der Waals surface area contributed by atoms with Gasteiger partial charge in [-0.15, -0.1) is 0 Å². The zero-order valence-electron chi connectivity index (χ0n) is 31.1. The zero-order chi connectivity index (χ0) is 39.4. The van der Waals surface area contributed by atoms with Crippen LogP contribution >= 0.6 is 0 Å². The zero-order valence-corrected chi connectivity index (χ0v) is 31.1. The number of carbonyl (C=O) groups is 1. The Balaban J connectivity index is 1.35. The van der Waals surface area contributed by atoms with Crippen molar-refractivity contribution in [3.8, 4) is 5.75 Å². The van der Waals surface area contributed by atoms with E-state index < -0.39 is 11.8 Å². The van der Waals surface area contributed by atoms with Crippen molar-refractivity contribution >= 4 is 147 Å². The second kappa shape index (κ2) is 9.18. The number of carbonyl (C=O) groups excluding carboxylic acids is 1. The third-order valence-electron chi connectivity index (χ3n) is 14.4. The molecule has 0 fully saturated rings. The van der Waals surface area contributed by atoms with E-state index in [-0.39, 0.29) is 38.5 Å². The quantitative estimate of drug-likeness (QED) is 0.0906. The minimum absolute atomic E-state index is 0.0638. The van der Waals surface area contributed by atoms with Crippen LogP contribution in [-0.2, 0) is 10.5 Å². The van der Waals surface area contributed by atoms with Crippen molar-refractivity contribution in [1.82, 2.24) is 0 Å². The first-order valence-corrected chi connectivity index (χ1v) is 20.1. The summed E-state index contributed by atoms with van der Waals surface area (Å²) in [4.78, 5) is 46.4. The lowest BCUT2D eigenvalue weighted by atomic mass is 9.77. The molecule has 0 spiro atoms. The number of phenols is 1. The highest BCUT2D eigenvalue weighted by Gasteiger charge is 2.47. The van der Waals surface area contributed by atoms with Gasteiger partial charge in [0, 0.05) is 81.2 Å². The number of hydrogen-bond acceptors (Lipinski definition) is 6. The number of hydrogen-bond donors (Lipinski definition) is 2. The third-order valence-corrected chi connectivity index (χ3v) is 14.4. The standard InChI is InChI=1S/C54H22O6/c55-50-31-15-24-4-2-6-34-33-5-1-3-23-13-27-16-30-20-32-19-26-12-10-22-8-7-21-9-11-25-14-28-17-29(18-31)43-46-42(28)51(56)41(25)37(21)38(22)44(26)53(58)60-54(32,59)49(46)40(30)48(52(43)57)39(27)45(35(23)33)47(50)36(24)34/h1-20,56,59H. The van der Waals surface area contributed by atoms with Gasteiger partial charge in [-0.25, -0.2) is 4.79 Å².